The summed E-state index contributed by atoms with van der Waals surface area (Å²) in [4.78, 5) is 19.0. The van der Waals surface area contributed by atoms with Crippen LogP contribution in [0.3, 0.4) is 0 Å². The molecule has 1 saturated carbocycles. The number of nitrogens with zero attached hydrogens (tertiary/aromatic N) is 1. The molecule has 0 aliphatic heterocycles. The summed E-state index contributed by atoms with van der Waals surface area (Å²) in [5, 5.41) is 0.962. The minimum Gasteiger partial charge on any atom is -0.466 e. The fraction of sp³-hybridized carbons (Fsp3) is 0.200. The van der Waals surface area contributed by atoms with Gasteiger partial charge in [-0.1, -0.05) is 42.5 Å². The summed E-state index contributed by atoms with van der Waals surface area (Å²) in [5.41, 5.74) is 4.96. The van der Waals surface area contributed by atoms with E-state index >= 15 is 4.39 Å². The first kappa shape index (κ1) is 22.3. The minimum atomic E-state index is -0.398. The fourth-order valence-corrected chi connectivity index (χ4v) is 4.92. The molecule has 2 aromatic heterocycles. The van der Waals surface area contributed by atoms with Gasteiger partial charge in [-0.25, -0.2) is 9.37 Å². The topological polar surface area (TPSA) is 68.1 Å². The van der Waals surface area contributed by atoms with Crippen molar-refractivity contribution in [2.75, 3.05) is 6.61 Å². The molecule has 1 N–H and O–H groups in total. The van der Waals surface area contributed by atoms with E-state index in [4.69, 9.17) is 9.15 Å². The standard InChI is InChI=1S/C30H25FN2O3/c1-2-35-29(34)17-28-32-18-25(33-28)19-8-10-23(24(31)15-19)27-16-20-14-22(9-11-26(20)36-27)30(12-13-30)21-6-4-3-5-7-21/h3-11,14-16,18H,2,12-13,17H2,1H3,(H,32,33). The van der Waals surface area contributed by atoms with Gasteiger partial charge in [-0.15, -0.1) is 0 Å². The van der Waals surface area contributed by atoms with Crippen molar-refractivity contribution in [2.24, 2.45) is 0 Å². The molecule has 1 aliphatic rings. The summed E-state index contributed by atoms with van der Waals surface area (Å²) in [5.74, 6) is 0.208. The van der Waals surface area contributed by atoms with Gasteiger partial charge >= 0.3 is 5.97 Å². The Bertz CT molecular complexity index is 1560. The molecule has 0 bridgehead atoms. The van der Waals surface area contributed by atoms with Crippen LogP contribution in [0.4, 0.5) is 4.39 Å². The van der Waals surface area contributed by atoms with Crippen LogP contribution in [0.25, 0.3) is 33.6 Å². The van der Waals surface area contributed by atoms with Crippen LogP contribution in [0.2, 0.25) is 0 Å². The van der Waals surface area contributed by atoms with Gasteiger partial charge in [0.05, 0.1) is 17.9 Å². The largest absolute Gasteiger partial charge is 0.466 e. The number of halogens is 1. The second-order valence-corrected chi connectivity index (χ2v) is 9.22. The van der Waals surface area contributed by atoms with Crippen LogP contribution in [-0.4, -0.2) is 22.5 Å². The van der Waals surface area contributed by atoms with Gasteiger partial charge in [-0.05, 0) is 61.2 Å². The van der Waals surface area contributed by atoms with Crippen LogP contribution in [0, 0.1) is 5.82 Å². The summed E-state index contributed by atoms with van der Waals surface area (Å²) in [7, 11) is 0. The molecular weight excluding hydrogens is 455 g/mol. The van der Waals surface area contributed by atoms with E-state index in [-0.39, 0.29) is 17.8 Å². The van der Waals surface area contributed by atoms with E-state index in [1.165, 1.54) is 17.2 Å². The Morgan fingerprint density at radius 3 is 2.64 bits per heavy atom. The van der Waals surface area contributed by atoms with Crippen LogP contribution in [0.15, 0.2) is 83.4 Å². The first-order chi connectivity index (χ1) is 17.6. The van der Waals surface area contributed by atoms with Gasteiger partial charge in [0.15, 0.2) is 0 Å². The Hall–Kier alpha value is -4.19. The van der Waals surface area contributed by atoms with Crippen molar-refractivity contribution in [3.05, 3.63) is 102 Å². The van der Waals surface area contributed by atoms with E-state index < -0.39 is 5.82 Å². The SMILES string of the molecule is CCOC(=O)Cc1nc(-c2ccc(-c3cc4cc(C5(c6ccccc6)CC5)ccc4o3)c(F)c2)c[nH]1. The number of nitrogens with one attached hydrogen (secondary N) is 1. The van der Waals surface area contributed by atoms with Gasteiger partial charge in [0.1, 0.15) is 29.4 Å². The highest BCUT2D eigenvalue weighted by Crippen LogP contribution is 2.54. The Morgan fingerprint density at radius 1 is 1.06 bits per heavy atom. The monoisotopic (exact) mass is 480 g/mol. The van der Waals surface area contributed by atoms with Crippen molar-refractivity contribution >= 4 is 16.9 Å². The number of imidazole rings is 1. The second kappa shape index (κ2) is 8.79. The Kier molecular flexibility index (Phi) is 5.44. The number of aromatic nitrogens is 2. The molecule has 6 rings (SSSR count). The lowest BCUT2D eigenvalue weighted by molar-refractivity contribution is -0.142. The van der Waals surface area contributed by atoms with Crippen molar-refractivity contribution in [2.45, 2.75) is 31.6 Å². The molecule has 36 heavy (non-hydrogen) atoms. The number of hydrogen-bond acceptors (Lipinski definition) is 4. The Balaban J connectivity index is 1.27. The molecule has 0 radical (unpaired) electrons. The number of fused-ring (bicyclic) bond motifs is 1. The average molecular weight is 481 g/mol. The molecule has 180 valence electrons. The molecule has 0 amide bonds. The maximum Gasteiger partial charge on any atom is 0.313 e. The van der Waals surface area contributed by atoms with E-state index in [0.717, 1.165) is 23.8 Å². The Morgan fingerprint density at radius 2 is 1.89 bits per heavy atom. The Labute approximate surface area is 207 Å². The van der Waals surface area contributed by atoms with Crippen LogP contribution in [-0.2, 0) is 21.4 Å². The highest BCUT2D eigenvalue weighted by atomic mass is 19.1. The number of hydrogen-bond donors (Lipinski definition) is 1. The molecule has 1 aliphatic carbocycles. The zero-order valence-electron chi connectivity index (χ0n) is 19.9. The molecule has 2 heterocycles. The summed E-state index contributed by atoms with van der Waals surface area (Å²) >= 11 is 0. The quantitative estimate of drug-likeness (QED) is 0.260. The van der Waals surface area contributed by atoms with Crippen LogP contribution >= 0.6 is 0 Å². The number of esters is 1. The number of furan rings is 1. The summed E-state index contributed by atoms with van der Waals surface area (Å²) in [6.45, 7) is 2.07. The normalized spacial score (nSPS) is 14.2. The van der Waals surface area contributed by atoms with Gasteiger partial charge < -0.3 is 14.1 Å². The highest BCUT2D eigenvalue weighted by molar-refractivity contribution is 5.84. The second-order valence-electron chi connectivity index (χ2n) is 9.22. The van der Waals surface area contributed by atoms with E-state index in [2.05, 4.69) is 46.4 Å². The maximum atomic E-state index is 15.2. The third kappa shape index (κ3) is 3.98. The summed E-state index contributed by atoms with van der Waals surface area (Å²) in [6.07, 6.45) is 3.95. The average Bonchev–Trinajstić information content (AvgIpc) is 3.38. The third-order valence-corrected chi connectivity index (χ3v) is 6.92. The van der Waals surface area contributed by atoms with Gasteiger partial charge in [-0.2, -0.15) is 0 Å². The molecule has 3 aromatic carbocycles. The first-order valence-electron chi connectivity index (χ1n) is 12.2. The predicted molar refractivity (Wildman–Crippen MR) is 136 cm³/mol. The lowest BCUT2D eigenvalue weighted by Gasteiger charge is -2.16. The van der Waals surface area contributed by atoms with Crippen molar-refractivity contribution in [3.63, 3.8) is 0 Å². The zero-order valence-corrected chi connectivity index (χ0v) is 19.9. The fourth-order valence-electron chi connectivity index (χ4n) is 4.92. The molecule has 0 spiro atoms. The highest BCUT2D eigenvalue weighted by Gasteiger charge is 2.45. The third-order valence-electron chi connectivity index (χ3n) is 6.92. The number of ether oxygens (including phenoxy) is 1. The molecule has 0 saturated heterocycles. The van der Waals surface area contributed by atoms with Crippen LogP contribution in [0.1, 0.15) is 36.7 Å². The van der Waals surface area contributed by atoms with Crippen molar-refractivity contribution in [1.82, 2.24) is 9.97 Å². The van der Waals surface area contributed by atoms with Gasteiger partial charge in [0.25, 0.3) is 0 Å². The van der Waals surface area contributed by atoms with Crippen molar-refractivity contribution < 1.29 is 18.3 Å². The number of H-pyrrole nitrogens is 1. The van der Waals surface area contributed by atoms with Gasteiger partial charge in [-0.3, -0.25) is 4.79 Å². The number of carbonyl (C=O) groups excluding carboxylic acids is 1. The summed E-state index contributed by atoms with van der Waals surface area (Å²) < 4.78 is 26.2. The number of rotatable bonds is 7. The van der Waals surface area contributed by atoms with E-state index in [9.17, 15) is 4.79 Å². The number of aromatic amines is 1. The smallest absolute Gasteiger partial charge is 0.313 e. The molecule has 5 aromatic rings. The summed E-state index contributed by atoms with van der Waals surface area (Å²) in [6, 6.07) is 23.7. The molecule has 5 nitrogen and oxygen atoms in total. The lowest BCUT2D eigenvalue weighted by atomic mass is 9.87. The lowest BCUT2D eigenvalue weighted by Crippen LogP contribution is -2.08. The van der Waals surface area contributed by atoms with E-state index in [1.807, 2.05) is 18.2 Å². The predicted octanol–water partition coefficient (Wildman–Crippen LogP) is 6.81. The van der Waals surface area contributed by atoms with Crippen LogP contribution in [0.5, 0.6) is 0 Å². The van der Waals surface area contributed by atoms with Gasteiger partial charge in [0, 0.05) is 22.6 Å². The number of benzene rings is 3. The molecule has 1 fully saturated rings. The number of carbonyl (C=O) groups is 1. The maximum absolute atomic E-state index is 15.2. The first-order valence-corrected chi connectivity index (χ1v) is 12.2. The molecular formula is C30H25FN2O3. The van der Waals surface area contributed by atoms with E-state index in [1.54, 1.807) is 25.3 Å². The van der Waals surface area contributed by atoms with Crippen molar-refractivity contribution in [3.8, 4) is 22.6 Å². The molecule has 0 unspecified atom stereocenters. The zero-order chi connectivity index (χ0) is 24.7. The molecule has 0 atom stereocenters. The van der Waals surface area contributed by atoms with Crippen molar-refractivity contribution in [1.29, 1.82) is 0 Å². The minimum absolute atomic E-state index is 0.0426. The van der Waals surface area contributed by atoms with Gasteiger partial charge in [0.2, 0.25) is 0 Å². The van der Waals surface area contributed by atoms with E-state index in [0.29, 0.717) is 35.0 Å². The molecule has 6 heteroatoms. The van der Waals surface area contributed by atoms with Crippen LogP contribution < -0.4 is 0 Å².